The number of aromatic amines is 1. The molecule has 0 spiro atoms. The fourth-order valence-electron chi connectivity index (χ4n) is 2.89. The third kappa shape index (κ3) is 3.48. The second-order valence-electron chi connectivity index (χ2n) is 6.34. The summed E-state index contributed by atoms with van der Waals surface area (Å²) in [5, 5.41) is 5.94. The van der Waals surface area contributed by atoms with Crippen molar-refractivity contribution in [1.82, 2.24) is 25.2 Å². The fourth-order valence-corrected chi connectivity index (χ4v) is 2.89. The van der Waals surface area contributed by atoms with Gasteiger partial charge in [-0.3, -0.25) is 19.1 Å². The van der Waals surface area contributed by atoms with Crippen LogP contribution in [0.25, 0.3) is 11.0 Å². The second kappa shape index (κ2) is 7.18. The van der Waals surface area contributed by atoms with Crippen molar-refractivity contribution in [2.45, 2.75) is 38.6 Å². The molecule has 0 aromatic carbocycles. The van der Waals surface area contributed by atoms with E-state index in [2.05, 4.69) is 20.6 Å². The number of hydrogen-bond acceptors (Lipinski definition) is 5. The van der Waals surface area contributed by atoms with E-state index in [1.54, 1.807) is 13.1 Å². The van der Waals surface area contributed by atoms with Gasteiger partial charge in [0.15, 0.2) is 5.65 Å². The molecule has 134 valence electrons. The Kier molecular flexibility index (Phi) is 4.98. The van der Waals surface area contributed by atoms with Crippen LogP contribution in [0.2, 0.25) is 0 Å². The maximum atomic E-state index is 12.6. The summed E-state index contributed by atoms with van der Waals surface area (Å²) in [6, 6.07) is 1.70. The van der Waals surface area contributed by atoms with Gasteiger partial charge in [0, 0.05) is 31.2 Å². The zero-order chi connectivity index (χ0) is 18.0. The van der Waals surface area contributed by atoms with E-state index in [4.69, 9.17) is 0 Å². The number of carbonyl (C=O) groups excluding carboxylic acids is 1. The van der Waals surface area contributed by atoms with Crippen LogP contribution in [0.5, 0.6) is 0 Å². The third-order valence-corrected chi connectivity index (χ3v) is 4.32. The van der Waals surface area contributed by atoms with Crippen LogP contribution in [0.4, 0.5) is 0 Å². The molecule has 0 aliphatic heterocycles. The highest BCUT2D eigenvalue weighted by Gasteiger charge is 2.28. The molecule has 1 saturated carbocycles. The fraction of sp³-hybridized carbons (Fsp3) is 0.529. The summed E-state index contributed by atoms with van der Waals surface area (Å²) in [5.74, 6) is -0.0190. The summed E-state index contributed by atoms with van der Waals surface area (Å²) in [7, 11) is 1.80. The van der Waals surface area contributed by atoms with Gasteiger partial charge in [0.25, 0.3) is 11.5 Å². The van der Waals surface area contributed by atoms with Crippen molar-refractivity contribution in [1.29, 1.82) is 0 Å². The number of rotatable bonds is 7. The number of H-pyrrole nitrogens is 1. The highest BCUT2D eigenvalue weighted by molar-refractivity contribution is 6.05. The molecule has 3 N–H and O–H groups in total. The number of pyridine rings is 1. The summed E-state index contributed by atoms with van der Waals surface area (Å²) in [6.45, 7) is 3.46. The second-order valence-corrected chi connectivity index (χ2v) is 6.34. The van der Waals surface area contributed by atoms with Crippen LogP contribution < -0.4 is 21.9 Å². The Morgan fingerprint density at radius 2 is 2.12 bits per heavy atom. The maximum Gasteiger partial charge on any atom is 0.329 e. The summed E-state index contributed by atoms with van der Waals surface area (Å²) in [5.41, 5.74) is 0.316. The van der Waals surface area contributed by atoms with E-state index >= 15 is 0 Å². The lowest BCUT2D eigenvalue weighted by molar-refractivity contribution is 0.0955. The van der Waals surface area contributed by atoms with Gasteiger partial charge in [0.2, 0.25) is 0 Å². The van der Waals surface area contributed by atoms with Gasteiger partial charge in [-0.05, 0) is 32.4 Å². The molecular weight excluding hydrogens is 322 g/mol. The first-order valence-electron chi connectivity index (χ1n) is 8.67. The molecule has 0 saturated heterocycles. The largest absolute Gasteiger partial charge is 0.351 e. The van der Waals surface area contributed by atoms with Crippen molar-refractivity contribution < 1.29 is 4.79 Å². The average molecular weight is 345 g/mol. The number of aromatic nitrogens is 3. The monoisotopic (exact) mass is 345 g/mol. The van der Waals surface area contributed by atoms with E-state index in [1.807, 2.05) is 6.92 Å². The van der Waals surface area contributed by atoms with Crippen LogP contribution in [0.15, 0.2) is 15.7 Å². The summed E-state index contributed by atoms with van der Waals surface area (Å²) >= 11 is 0. The molecule has 2 aromatic heterocycles. The summed E-state index contributed by atoms with van der Waals surface area (Å²) < 4.78 is 1.45. The van der Waals surface area contributed by atoms with Crippen molar-refractivity contribution in [3.05, 3.63) is 38.2 Å². The number of aryl methyl sites for hydroxylation is 1. The number of amides is 1. The van der Waals surface area contributed by atoms with E-state index in [-0.39, 0.29) is 16.9 Å². The number of nitrogens with one attached hydrogen (secondary N) is 3. The van der Waals surface area contributed by atoms with E-state index in [0.717, 1.165) is 25.0 Å². The Hall–Kier alpha value is -2.48. The normalized spacial score (nSPS) is 14.0. The molecule has 1 aliphatic carbocycles. The topological polar surface area (TPSA) is 109 Å². The van der Waals surface area contributed by atoms with Crippen molar-refractivity contribution in [3.63, 3.8) is 0 Å². The van der Waals surface area contributed by atoms with Crippen LogP contribution in [-0.2, 0) is 6.54 Å². The number of fused-ring (bicyclic) bond motifs is 1. The molecule has 1 fully saturated rings. The molecule has 3 rings (SSSR count). The molecule has 2 aromatic rings. The lowest BCUT2D eigenvalue weighted by atomic mass is 10.1. The number of carbonyl (C=O) groups is 1. The van der Waals surface area contributed by atoms with Crippen molar-refractivity contribution in [3.8, 4) is 0 Å². The molecule has 0 radical (unpaired) electrons. The van der Waals surface area contributed by atoms with Gasteiger partial charge in [-0.1, -0.05) is 6.92 Å². The van der Waals surface area contributed by atoms with Gasteiger partial charge < -0.3 is 10.6 Å². The zero-order valence-corrected chi connectivity index (χ0v) is 14.5. The molecular formula is C17H23N5O3. The number of nitrogens with zero attached hydrogens (tertiary/aromatic N) is 2. The molecule has 1 aliphatic rings. The molecule has 2 heterocycles. The number of likely N-dealkylation sites (N-methyl/N-ethyl adjacent to an activating group) is 1. The van der Waals surface area contributed by atoms with Crippen molar-refractivity contribution in [2.24, 2.45) is 0 Å². The Labute approximate surface area is 144 Å². The maximum absolute atomic E-state index is 12.6. The first-order valence-corrected chi connectivity index (χ1v) is 8.67. The standard InChI is InChI=1S/C17H23N5O3/c1-3-8-22-14-13(16(24)21-17(22)25)11(15(23)19-7-6-18-2)9-12(20-14)10-4-5-10/h9-10,18H,3-8H2,1-2H3,(H,19,23)(H,21,24,25). The van der Waals surface area contributed by atoms with Crippen LogP contribution in [0.3, 0.4) is 0 Å². The van der Waals surface area contributed by atoms with Crippen molar-refractivity contribution >= 4 is 16.9 Å². The molecule has 0 unspecified atom stereocenters. The molecule has 8 heteroatoms. The first-order chi connectivity index (χ1) is 12.1. The summed E-state index contributed by atoms with van der Waals surface area (Å²) in [4.78, 5) is 44.1. The van der Waals surface area contributed by atoms with Gasteiger partial charge in [0.05, 0.1) is 10.9 Å². The first kappa shape index (κ1) is 17.3. The lowest BCUT2D eigenvalue weighted by Crippen LogP contribution is -2.35. The Balaban J connectivity index is 2.20. The highest BCUT2D eigenvalue weighted by Crippen LogP contribution is 2.39. The minimum absolute atomic E-state index is 0.180. The Morgan fingerprint density at radius 3 is 2.76 bits per heavy atom. The van der Waals surface area contributed by atoms with Gasteiger partial charge in [-0.25, -0.2) is 9.78 Å². The minimum atomic E-state index is -0.569. The minimum Gasteiger partial charge on any atom is -0.351 e. The molecule has 8 nitrogen and oxygen atoms in total. The third-order valence-electron chi connectivity index (χ3n) is 4.32. The number of hydrogen-bond donors (Lipinski definition) is 3. The highest BCUT2D eigenvalue weighted by atomic mass is 16.2. The van der Waals surface area contributed by atoms with Gasteiger partial charge in [-0.2, -0.15) is 0 Å². The lowest BCUT2D eigenvalue weighted by Gasteiger charge is -2.13. The van der Waals surface area contributed by atoms with Gasteiger partial charge in [-0.15, -0.1) is 0 Å². The van der Waals surface area contributed by atoms with Gasteiger partial charge >= 0.3 is 5.69 Å². The SMILES string of the molecule is CCCn1c(=O)[nH]c(=O)c2c(C(=O)NCCNC)cc(C3CC3)nc21. The predicted molar refractivity (Wildman–Crippen MR) is 95.1 cm³/mol. The van der Waals surface area contributed by atoms with Crippen LogP contribution >= 0.6 is 0 Å². The van der Waals surface area contributed by atoms with Crippen molar-refractivity contribution in [2.75, 3.05) is 20.1 Å². The predicted octanol–water partition coefficient (Wildman–Crippen LogP) is 0.321. The quantitative estimate of drug-likeness (QED) is 0.626. The molecule has 1 amide bonds. The molecule has 25 heavy (non-hydrogen) atoms. The smallest absolute Gasteiger partial charge is 0.329 e. The summed E-state index contributed by atoms with van der Waals surface area (Å²) in [6.07, 6.45) is 2.75. The molecule has 0 atom stereocenters. The molecule has 0 bridgehead atoms. The van der Waals surface area contributed by atoms with E-state index in [1.165, 1.54) is 4.57 Å². The Bertz CT molecular complexity index is 911. The van der Waals surface area contributed by atoms with E-state index in [9.17, 15) is 14.4 Å². The van der Waals surface area contributed by atoms with Crippen LogP contribution in [-0.4, -0.2) is 40.6 Å². The average Bonchev–Trinajstić information content (AvgIpc) is 3.42. The Morgan fingerprint density at radius 1 is 1.36 bits per heavy atom. The van der Waals surface area contributed by atoms with Crippen LogP contribution in [0, 0.1) is 0 Å². The van der Waals surface area contributed by atoms with E-state index in [0.29, 0.717) is 31.2 Å². The van der Waals surface area contributed by atoms with Gasteiger partial charge in [0.1, 0.15) is 0 Å². The zero-order valence-electron chi connectivity index (χ0n) is 14.5. The van der Waals surface area contributed by atoms with E-state index < -0.39 is 11.2 Å². The van der Waals surface area contributed by atoms with Crippen LogP contribution in [0.1, 0.15) is 48.2 Å².